The summed E-state index contributed by atoms with van der Waals surface area (Å²) in [6, 6.07) is 9.21. The van der Waals surface area contributed by atoms with Crippen LogP contribution in [0, 0.1) is 0 Å². The first-order valence-electron chi connectivity index (χ1n) is 6.49. The number of para-hydroxylation sites is 1. The molecule has 0 atom stereocenters. The van der Waals surface area contributed by atoms with E-state index in [0.29, 0.717) is 19.3 Å². The van der Waals surface area contributed by atoms with Crippen molar-refractivity contribution in [2.45, 2.75) is 32.1 Å². The molecule has 0 bridgehead atoms. The normalized spacial score (nSPS) is 11.3. The number of nitrogens with one attached hydrogen (secondary N) is 1. The molecule has 20 heavy (non-hydrogen) atoms. The number of unbranched alkanes of at least 4 members (excludes halogenated alkanes) is 3. The molecule has 1 rings (SSSR count). The molecule has 112 valence electrons. The maximum Gasteiger partial charge on any atom is 0.224 e. The van der Waals surface area contributed by atoms with Crippen LogP contribution < -0.4 is 15.1 Å². The predicted octanol–water partition coefficient (Wildman–Crippen LogP) is 1.42. The van der Waals surface area contributed by atoms with Gasteiger partial charge in [0.25, 0.3) is 0 Å². The molecule has 7 heteroatoms. The minimum absolute atomic E-state index is 0.0453. The van der Waals surface area contributed by atoms with Gasteiger partial charge in [-0.15, -0.1) is 0 Å². The van der Waals surface area contributed by atoms with Crippen LogP contribution in [0.25, 0.3) is 0 Å². The van der Waals surface area contributed by atoms with Gasteiger partial charge in [-0.05, 0) is 25.0 Å². The molecule has 0 spiro atoms. The van der Waals surface area contributed by atoms with Gasteiger partial charge < -0.3 is 24.2 Å². The Morgan fingerprint density at radius 1 is 1.10 bits per heavy atom. The molecule has 0 saturated carbocycles. The average Bonchev–Trinajstić information content (AvgIpc) is 2.37. The summed E-state index contributed by atoms with van der Waals surface area (Å²) in [5.41, 5.74) is 0.771. The SMILES string of the molecule is O=C(CCCCCCOP(=O)([O-])[O-])Nc1ccccc1. The van der Waals surface area contributed by atoms with Crippen molar-refractivity contribution in [3.8, 4) is 0 Å². The van der Waals surface area contributed by atoms with Crippen LogP contribution in [-0.2, 0) is 13.9 Å². The standard InChI is InChI=1S/C13H20NO5P/c15-13(14-12-8-4-3-5-9-12)10-6-1-2-7-11-19-20(16,17)18/h3-5,8-9H,1-2,6-7,10-11H2,(H,14,15)(H2,16,17,18)/p-2. The average molecular weight is 299 g/mol. The highest BCUT2D eigenvalue weighted by atomic mass is 31.2. The second kappa shape index (κ2) is 8.87. The van der Waals surface area contributed by atoms with E-state index in [9.17, 15) is 19.1 Å². The number of rotatable bonds is 9. The van der Waals surface area contributed by atoms with Crippen molar-refractivity contribution >= 4 is 19.4 Å². The summed E-state index contributed by atoms with van der Waals surface area (Å²) in [4.78, 5) is 31.9. The lowest BCUT2D eigenvalue weighted by Crippen LogP contribution is -2.16. The molecule has 0 heterocycles. The van der Waals surface area contributed by atoms with Crippen molar-refractivity contribution in [1.82, 2.24) is 0 Å². The van der Waals surface area contributed by atoms with E-state index < -0.39 is 7.82 Å². The molecule has 0 radical (unpaired) electrons. The van der Waals surface area contributed by atoms with Crippen molar-refractivity contribution in [3.05, 3.63) is 30.3 Å². The third kappa shape index (κ3) is 8.82. The number of carbonyl (C=O) groups excluding carboxylic acids is 1. The minimum Gasteiger partial charge on any atom is -0.790 e. The third-order valence-electron chi connectivity index (χ3n) is 2.61. The fourth-order valence-electron chi connectivity index (χ4n) is 1.66. The zero-order valence-electron chi connectivity index (χ0n) is 11.1. The van der Waals surface area contributed by atoms with Gasteiger partial charge in [-0.3, -0.25) is 4.79 Å². The third-order valence-corrected chi connectivity index (χ3v) is 3.10. The van der Waals surface area contributed by atoms with E-state index >= 15 is 0 Å². The van der Waals surface area contributed by atoms with E-state index in [2.05, 4.69) is 9.84 Å². The summed E-state index contributed by atoms with van der Waals surface area (Å²) in [6.45, 7) is -0.0828. The van der Waals surface area contributed by atoms with Crippen molar-refractivity contribution in [3.63, 3.8) is 0 Å². The molecule has 1 amide bonds. The number of benzene rings is 1. The molecule has 1 N–H and O–H groups in total. The Bertz CT molecular complexity index is 445. The maximum absolute atomic E-state index is 11.6. The zero-order chi connectivity index (χ0) is 14.8. The summed E-state index contributed by atoms with van der Waals surface area (Å²) in [5.74, 6) is -0.0453. The topological polar surface area (TPSA) is 102 Å². The summed E-state index contributed by atoms with van der Waals surface area (Å²) in [6.07, 6.45) is 3.13. The second-order valence-corrected chi connectivity index (χ2v) is 5.51. The van der Waals surface area contributed by atoms with Crippen LogP contribution in [0.15, 0.2) is 30.3 Å². The van der Waals surface area contributed by atoms with E-state index in [1.807, 2.05) is 30.3 Å². The Morgan fingerprint density at radius 3 is 2.40 bits per heavy atom. The number of anilines is 1. The van der Waals surface area contributed by atoms with Crippen LogP contribution in [0.2, 0.25) is 0 Å². The first kappa shape index (κ1) is 16.9. The lowest BCUT2D eigenvalue weighted by molar-refractivity contribution is -0.341. The van der Waals surface area contributed by atoms with E-state index in [1.165, 1.54) is 0 Å². The largest absolute Gasteiger partial charge is 0.790 e. The van der Waals surface area contributed by atoms with Gasteiger partial charge in [-0.2, -0.15) is 0 Å². The quantitative estimate of drug-likeness (QED) is 0.549. The summed E-state index contributed by atoms with van der Waals surface area (Å²) < 4.78 is 14.3. The van der Waals surface area contributed by atoms with Crippen molar-refractivity contribution in [2.24, 2.45) is 0 Å². The van der Waals surface area contributed by atoms with Crippen LogP contribution in [0.3, 0.4) is 0 Å². The van der Waals surface area contributed by atoms with Crippen LogP contribution >= 0.6 is 7.82 Å². The molecule has 0 aliphatic heterocycles. The number of amides is 1. The molecule has 0 aliphatic rings. The van der Waals surface area contributed by atoms with Crippen LogP contribution in [0.1, 0.15) is 32.1 Å². The van der Waals surface area contributed by atoms with Gasteiger partial charge in [0.1, 0.15) is 0 Å². The van der Waals surface area contributed by atoms with Gasteiger partial charge in [-0.25, -0.2) is 0 Å². The van der Waals surface area contributed by atoms with E-state index in [0.717, 1.165) is 18.5 Å². The van der Waals surface area contributed by atoms with Gasteiger partial charge in [0.05, 0.1) is 14.4 Å². The lowest BCUT2D eigenvalue weighted by Gasteiger charge is -2.28. The van der Waals surface area contributed by atoms with Crippen molar-refractivity contribution in [2.75, 3.05) is 11.9 Å². The van der Waals surface area contributed by atoms with Crippen LogP contribution in [0.5, 0.6) is 0 Å². The van der Waals surface area contributed by atoms with Gasteiger partial charge in [0.2, 0.25) is 5.91 Å². The van der Waals surface area contributed by atoms with Gasteiger partial charge in [0, 0.05) is 12.1 Å². The molecular formula is C13H18NO5P-2. The summed E-state index contributed by atoms with van der Waals surface area (Å²) in [7, 11) is -4.84. The van der Waals surface area contributed by atoms with Crippen LogP contribution in [-0.4, -0.2) is 12.5 Å². The Labute approximate surface area is 118 Å². The lowest BCUT2D eigenvalue weighted by atomic mass is 10.1. The van der Waals surface area contributed by atoms with Gasteiger partial charge in [-0.1, -0.05) is 31.0 Å². The Balaban J connectivity index is 2.01. The Hall–Kier alpha value is -1.20. The number of hydrogen-bond acceptors (Lipinski definition) is 5. The number of phosphoric acid groups is 1. The highest BCUT2D eigenvalue weighted by Crippen LogP contribution is 2.24. The second-order valence-electron chi connectivity index (χ2n) is 4.36. The van der Waals surface area contributed by atoms with Crippen LogP contribution in [0.4, 0.5) is 5.69 Å². The summed E-state index contributed by atoms with van der Waals surface area (Å²) >= 11 is 0. The van der Waals surface area contributed by atoms with Gasteiger partial charge in [0.15, 0.2) is 0 Å². The Morgan fingerprint density at radius 2 is 1.75 bits per heavy atom. The molecule has 0 saturated heterocycles. The smallest absolute Gasteiger partial charge is 0.224 e. The molecule has 0 unspecified atom stereocenters. The maximum atomic E-state index is 11.6. The fraction of sp³-hybridized carbons (Fsp3) is 0.462. The summed E-state index contributed by atoms with van der Waals surface area (Å²) in [5, 5.41) is 2.78. The number of hydrogen-bond donors (Lipinski definition) is 1. The molecule has 0 fully saturated rings. The molecule has 0 aliphatic carbocycles. The molecule has 1 aromatic rings. The minimum atomic E-state index is -4.84. The molecular weight excluding hydrogens is 281 g/mol. The molecule has 0 aromatic heterocycles. The number of carbonyl (C=O) groups is 1. The number of phosphoric ester groups is 1. The first-order valence-corrected chi connectivity index (χ1v) is 7.95. The first-order chi connectivity index (χ1) is 9.47. The van der Waals surface area contributed by atoms with Gasteiger partial charge >= 0.3 is 0 Å². The fourth-order valence-corrected chi connectivity index (χ4v) is 2.02. The van der Waals surface area contributed by atoms with E-state index in [-0.39, 0.29) is 12.5 Å². The van der Waals surface area contributed by atoms with E-state index in [4.69, 9.17) is 0 Å². The zero-order valence-corrected chi connectivity index (χ0v) is 12.0. The van der Waals surface area contributed by atoms with Crippen molar-refractivity contribution in [1.29, 1.82) is 0 Å². The molecule has 1 aromatic carbocycles. The Kier molecular flexibility index (Phi) is 7.47. The molecule has 6 nitrogen and oxygen atoms in total. The highest BCUT2D eigenvalue weighted by Gasteiger charge is 2.01. The predicted molar refractivity (Wildman–Crippen MR) is 71.7 cm³/mol. The highest BCUT2D eigenvalue weighted by molar-refractivity contribution is 7.43. The van der Waals surface area contributed by atoms with E-state index in [1.54, 1.807) is 0 Å². The monoisotopic (exact) mass is 299 g/mol. The van der Waals surface area contributed by atoms with Crippen molar-refractivity contribution < 1.29 is 23.7 Å².